The number of rotatable bonds is 2. The molecule has 1 atom stereocenters. The second-order valence-electron chi connectivity index (χ2n) is 2.94. The fourth-order valence-electron chi connectivity index (χ4n) is 1.20. The van der Waals surface area contributed by atoms with Crippen LogP contribution in [0.15, 0.2) is 0 Å². The summed E-state index contributed by atoms with van der Waals surface area (Å²) in [7, 11) is 0. The van der Waals surface area contributed by atoms with Gasteiger partial charge in [-0.1, -0.05) is 13.8 Å². The highest BCUT2D eigenvalue weighted by Crippen LogP contribution is 2.24. The van der Waals surface area contributed by atoms with Gasteiger partial charge in [0.15, 0.2) is 0 Å². The first-order chi connectivity index (χ1) is 6.52. The quantitative estimate of drug-likeness (QED) is 0.642. The highest BCUT2D eigenvalue weighted by atomic mass is 16.5. The molecule has 0 aromatic carbocycles. The standard InChI is InChI=1S/C7H10O5.C2H6/c8-5(9)3-7(11)1-2-12-6(10)4-7;1-2/h11H,1-4H2,(H,8,9);1-2H3. The number of carbonyl (C=O) groups excluding carboxylic acids is 1. The number of aliphatic carboxylic acids is 1. The number of hydrogen-bond acceptors (Lipinski definition) is 4. The van der Waals surface area contributed by atoms with Crippen LogP contribution in [-0.2, 0) is 14.3 Å². The molecule has 1 aliphatic rings. The average molecular weight is 204 g/mol. The van der Waals surface area contributed by atoms with Gasteiger partial charge in [0.1, 0.15) is 0 Å². The van der Waals surface area contributed by atoms with Crippen molar-refractivity contribution in [2.45, 2.75) is 38.7 Å². The molecule has 0 aromatic heterocycles. The van der Waals surface area contributed by atoms with Crippen LogP contribution in [0.25, 0.3) is 0 Å². The van der Waals surface area contributed by atoms with E-state index in [1.807, 2.05) is 13.8 Å². The molecule has 5 heteroatoms. The molecule has 1 aliphatic heterocycles. The molecule has 0 radical (unpaired) electrons. The van der Waals surface area contributed by atoms with Crippen LogP contribution < -0.4 is 0 Å². The van der Waals surface area contributed by atoms with Crippen LogP contribution >= 0.6 is 0 Å². The van der Waals surface area contributed by atoms with Gasteiger partial charge < -0.3 is 14.9 Å². The molecule has 1 saturated heterocycles. The maximum atomic E-state index is 10.7. The summed E-state index contributed by atoms with van der Waals surface area (Å²) >= 11 is 0. The maximum absolute atomic E-state index is 10.7. The molecule has 0 aromatic rings. The first kappa shape index (κ1) is 12.9. The van der Waals surface area contributed by atoms with Gasteiger partial charge in [0.05, 0.1) is 25.0 Å². The normalized spacial score (nSPS) is 25.8. The van der Waals surface area contributed by atoms with E-state index in [1.54, 1.807) is 0 Å². The zero-order valence-electron chi connectivity index (χ0n) is 8.45. The zero-order chi connectivity index (χ0) is 11.2. The van der Waals surface area contributed by atoms with Crippen LogP contribution in [-0.4, -0.2) is 34.4 Å². The van der Waals surface area contributed by atoms with E-state index in [2.05, 4.69) is 4.74 Å². The van der Waals surface area contributed by atoms with Gasteiger partial charge in [-0.05, 0) is 0 Å². The predicted octanol–water partition coefficient (Wildman–Crippen LogP) is 0.555. The molecular formula is C9H16O5. The van der Waals surface area contributed by atoms with Crippen molar-refractivity contribution in [3.8, 4) is 0 Å². The smallest absolute Gasteiger partial charge is 0.308 e. The molecule has 0 amide bonds. The Morgan fingerprint density at radius 1 is 1.57 bits per heavy atom. The van der Waals surface area contributed by atoms with E-state index in [-0.39, 0.29) is 19.4 Å². The lowest BCUT2D eigenvalue weighted by Gasteiger charge is -2.29. The number of cyclic esters (lactones) is 1. The minimum absolute atomic E-state index is 0.0998. The molecule has 1 fully saturated rings. The van der Waals surface area contributed by atoms with E-state index in [0.29, 0.717) is 0 Å². The number of carboxylic acids is 1. The van der Waals surface area contributed by atoms with Gasteiger partial charge in [-0.25, -0.2) is 0 Å². The molecule has 0 saturated carbocycles. The molecule has 0 aliphatic carbocycles. The van der Waals surface area contributed by atoms with Gasteiger partial charge in [-0.2, -0.15) is 0 Å². The molecule has 0 spiro atoms. The largest absolute Gasteiger partial charge is 0.481 e. The van der Waals surface area contributed by atoms with Crippen molar-refractivity contribution >= 4 is 11.9 Å². The van der Waals surface area contributed by atoms with Crippen molar-refractivity contribution in [1.29, 1.82) is 0 Å². The Balaban J connectivity index is 0.000000791. The summed E-state index contributed by atoms with van der Waals surface area (Å²) in [5.74, 6) is -1.64. The van der Waals surface area contributed by atoms with Crippen molar-refractivity contribution in [1.82, 2.24) is 0 Å². The summed E-state index contributed by atoms with van der Waals surface area (Å²) in [4.78, 5) is 21.0. The Morgan fingerprint density at radius 3 is 2.57 bits per heavy atom. The monoisotopic (exact) mass is 204 g/mol. The maximum Gasteiger partial charge on any atom is 0.308 e. The number of carboxylic acid groups (broad SMARTS) is 1. The molecule has 5 nitrogen and oxygen atoms in total. The first-order valence-corrected chi connectivity index (χ1v) is 4.62. The van der Waals surface area contributed by atoms with Gasteiger partial charge in [-0.15, -0.1) is 0 Å². The van der Waals surface area contributed by atoms with Crippen LogP contribution in [0.1, 0.15) is 33.1 Å². The molecule has 14 heavy (non-hydrogen) atoms. The van der Waals surface area contributed by atoms with Gasteiger partial charge in [0.2, 0.25) is 0 Å². The van der Waals surface area contributed by atoms with E-state index in [1.165, 1.54) is 0 Å². The van der Waals surface area contributed by atoms with Gasteiger partial charge in [0.25, 0.3) is 0 Å². The summed E-state index contributed by atoms with van der Waals surface area (Å²) in [6.07, 6.45) is -0.424. The lowest BCUT2D eigenvalue weighted by molar-refractivity contribution is -0.163. The summed E-state index contributed by atoms with van der Waals surface area (Å²) in [5.41, 5.74) is -1.40. The van der Waals surface area contributed by atoms with Crippen LogP contribution in [0.5, 0.6) is 0 Å². The molecule has 1 heterocycles. The van der Waals surface area contributed by atoms with Gasteiger partial charge >= 0.3 is 11.9 Å². The predicted molar refractivity (Wildman–Crippen MR) is 48.7 cm³/mol. The molecule has 1 rings (SSSR count). The Hall–Kier alpha value is -1.10. The molecule has 82 valence electrons. The van der Waals surface area contributed by atoms with E-state index < -0.39 is 24.0 Å². The third-order valence-electron chi connectivity index (χ3n) is 1.78. The third kappa shape index (κ3) is 4.23. The molecule has 0 bridgehead atoms. The molecule has 2 N–H and O–H groups in total. The van der Waals surface area contributed by atoms with E-state index >= 15 is 0 Å². The lowest BCUT2D eigenvalue weighted by Crippen LogP contribution is -2.40. The van der Waals surface area contributed by atoms with E-state index in [0.717, 1.165) is 0 Å². The Morgan fingerprint density at radius 2 is 2.14 bits per heavy atom. The van der Waals surface area contributed by atoms with Crippen LogP contribution in [0.3, 0.4) is 0 Å². The van der Waals surface area contributed by atoms with Crippen molar-refractivity contribution < 1.29 is 24.5 Å². The van der Waals surface area contributed by atoms with Crippen molar-refractivity contribution in [3.05, 3.63) is 0 Å². The van der Waals surface area contributed by atoms with Crippen LogP contribution in [0, 0.1) is 0 Å². The number of ether oxygens (including phenoxy) is 1. The van der Waals surface area contributed by atoms with Crippen molar-refractivity contribution in [2.24, 2.45) is 0 Å². The lowest BCUT2D eigenvalue weighted by atomic mass is 9.91. The first-order valence-electron chi connectivity index (χ1n) is 4.62. The number of carbonyl (C=O) groups is 2. The molecular weight excluding hydrogens is 188 g/mol. The summed E-state index contributed by atoms with van der Waals surface area (Å²) in [6, 6.07) is 0. The Labute approximate surface area is 82.7 Å². The highest BCUT2D eigenvalue weighted by molar-refractivity contribution is 5.74. The number of aliphatic hydroxyl groups is 1. The fourth-order valence-corrected chi connectivity index (χ4v) is 1.20. The SMILES string of the molecule is CC.O=C(O)CC1(O)CCOC(=O)C1. The van der Waals surface area contributed by atoms with Crippen LogP contribution in [0.2, 0.25) is 0 Å². The minimum Gasteiger partial charge on any atom is -0.481 e. The second kappa shape index (κ2) is 5.59. The van der Waals surface area contributed by atoms with Crippen molar-refractivity contribution in [2.75, 3.05) is 6.61 Å². The third-order valence-corrected chi connectivity index (χ3v) is 1.78. The van der Waals surface area contributed by atoms with E-state index in [4.69, 9.17) is 5.11 Å². The second-order valence-corrected chi connectivity index (χ2v) is 2.94. The Bertz CT molecular complexity index is 209. The Kier molecular flexibility index (Phi) is 5.15. The fraction of sp³-hybridized carbons (Fsp3) is 0.778. The number of hydrogen-bond donors (Lipinski definition) is 2. The highest BCUT2D eigenvalue weighted by Gasteiger charge is 2.36. The summed E-state index contributed by atoms with van der Waals surface area (Å²) in [6.45, 7) is 4.10. The topological polar surface area (TPSA) is 83.8 Å². The van der Waals surface area contributed by atoms with E-state index in [9.17, 15) is 14.7 Å². The van der Waals surface area contributed by atoms with Crippen molar-refractivity contribution in [3.63, 3.8) is 0 Å². The summed E-state index contributed by atoms with van der Waals surface area (Å²) in [5, 5.41) is 17.9. The van der Waals surface area contributed by atoms with Gasteiger partial charge in [-0.3, -0.25) is 9.59 Å². The number of esters is 1. The summed E-state index contributed by atoms with van der Waals surface area (Å²) < 4.78 is 4.56. The molecule has 1 unspecified atom stereocenters. The average Bonchev–Trinajstić information content (AvgIpc) is 2.04. The van der Waals surface area contributed by atoms with Gasteiger partial charge in [0, 0.05) is 6.42 Å². The zero-order valence-corrected chi connectivity index (χ0v) is 8.45. The minimum atomic E-state index is -1.40. The van der Waals surface area contributed by atoms with Crippen LogP contribution in [0.4, 0.5) is 0 Å².